The van der Waals surface area contributed by atoms with Gasteiger partial charge in [0.15, 0.2) is 11.5 Å². The van der Waals surface area contributed by atoms with E-state index in [1.54, 1.807) is 12.5 Å². The highest BCUT2D eigenvalue weighted by Gasteiger charge is 2.16. The molecule has 0 unspecified atom stereocenters. The second-order valence-corrected chi connectivity index (χ2v) is 3.30. The van der Waals surface area contributed by atoms with Gasteiger partial charge in [-0.2, -0.15) is 0 Å². The molecule has 4 nitrogen and oxygen atoms in total. The molecule has 0 bridgehead atoms. The minimum absolute atomic E-state index is 0.595. The van der Waals surface area contributed by atoms with Gasteiger partial charge in [0.25, 0.3) is 0 Å². The van der Waals surface area contributed by atoms with Crippen molar-refractivity contribution in [1.29, 1.82) is 0 Å². The van der Waals surface area contributed by atoms with E-state index in [1.807, 2.05) is 18.2 Å². The van der Waals surface area contributed by atoms with Crippen LogP contribution < -0.4 is 9.47 Å². The predicted octanol–water partition coefficient (Wildman–Crippen LogP) is 1.85. The van der Waals surface area contributed by atoms with Crippen LogP contribution in [0, 0.1) is 0 Å². The van der Waals surface area contributed by atoms with Gasteiger partial charge in [0.2, 0.25) is 0 Å². The van der Waals surface area contributed by atoms with E-state index in [-0.39, 0.29) is 0 Å². The molecular weight excluding hydrogens is 192 g/mol. The highest BCUT2D eigenvalue weighted by molar-refractivity contribution is 5.70. The lowest BCUT2D eigenvalue weighted by atomic mass is 10.1. The number of hydrogen-bond acceptors (Lipinski definition) is 3. The molecule has 2 aromatic rings. The van der Waals surface area contributed by atoms with Gasteiger partial charge in [-0.3, -0.25) is 0 Å². The predicted molar refractivity (Wildman–Crippen MR) is 55.0 cm³/mol. The summed E-state index contributed by atoms with van der Waals surface area (Å²) in [5.74, 6) is 1.60. The van der Waals surface area contributed by atoms with Gasteiger partial charge in [-0.25, -0.2) is 4.98 Å². The van der Waals surface area contributed by atoms with Crippen molar-refractivity contribution < 1.29 is 9.47 Å². The van der Waals surface area contributed by atoms with Crippen molar-refractivity contribution in [3.8, 4) is 22.8 Å². The highest BCUT2D eigenvalue weighted by atomic mass is 16.6. The fraction of sp³-hybridized carbons (Fsp3) is 0.182. The zero-order valence-corrected chi connectivity index (χ0v) is 8.06. The van der Waals surface area contributed by atoms with Gasteiger partial charge < -0.3 is 14.5 Å². The van der Waals surface area contributed by atoms with Crippen LogP contribution in [0.25, 0.3) is 11.3 Å². The fourth-order valence-electron chi connectivity index (χ4n) is 1.69. The maximum atomic E-state index is 5.61. The average Bonchev–Trinajstić information content (AvgIpc) is 2.82. The Labute approximate surface area is 86.9 Å². The molecule has 4 heteroatoms. The Morgan fingerprint density at radius 2 is 2.13 bits per heavy atom. The summed E-state index contributed by atoms with van der Waals surface area (Å²) < 4.78 is 11.1. The van der Waals surface area contributed by atoms with Crippen molar-refractivity contribution in [1.82, 2.24) is 9.97 Å². The number of nitrogens with zero attached hydrogens (tertiary/aromatic N) is 1. The summed E-state index contributed by atoms with van der Waals surface area (Å²) >= 11 is 0. The van der Waals surface area contributed by atoms with E-state index >= 15 is 0 Å². The summed E-state index contributed by atoms with van der Waals surface area (Å²) in [6.07, 6.45) is 3.42. The summed E-state index contributed by atoms with van der Waals surface area (Å²) in [4.78, 5) is 7.05. The average molecular weight is 202 g/mol. The Balaban J connectivity index is 2.15. The van der Waals surface area contributed by atoms with Crippen LogP contribution in [-0.2, 0) is 0 Å². The molecule has 0 atom stereocenters. The van der Waals surface area contributed by atoms with Crippen LogP contribution in [0.4, 0.5) is 0 Å². The van der Waals surface area contributed by atoms with E-state index in [2.05, 4.69) is 9.97 Å². The molecule has 0 fully saturated rings. The summed E-state index contributed by atoms with van der Waals surface area (Å²) in [7, 11) is 0. The number of H-pyrrole nitrogens is 1. The fourth-order valence-corrected chi connectivity index (χ4v) is 1.69. The standard InChI is InChI=1S/C11H10N2O2/c1-2-8(9-6-12-7-13-9)11-10(3-1)14-4-5-15-11/h1-3,6-7H,4-5H2,(H,12,13). The van der Waals surface area contributed by atoms with E-state index in [1.165, 1.54) is 0 Å². The second kappa shape index (κ2) is 3.31. The molecule has 2 heterocycles. The summed E-state index contributed by atoms with van der Waals surface area (Å²) in [5.41, 5.74) is 1.93. The van der Waals surface area contributed by atoms with Crippen LogP contribution >= 0.6 is 0 Å². The number of hydrogen-bond donors (Lipinski definition) is 1. The molecule has 1 N–H and O–H groups in total. The van der Waals surface area contributed by atoms with Crippen molar-refractivity contribution in [3.63, 3.8) is 0 Å². The Hall–Kier alpha value is -1.97. The quantitative estimate of drug-likeness (QED) is 0.767. The third-order valence-electron chi connectivity index (χ3n) is 2.35. The van der Waals surface area contributed by atoms with Gasteiger partial charge in [-0.15, -0.1) is 0 Å². The SMILES string of the molecule is c1cc2c(c(-c3cnc[nH]3)c1)OCCO2. The third kappa shape index (κ3) is 1.34. The van der Waals surface area contributed by atoms with Crippen LogP contribution in [0.3, 0.4) is 0 Å². The first-order valence-electron chi connectivity index (χ1n) is 4.82. The van der Waals surface area contributed by atoms with E-state index in [9.17, 15) is 0 Å². The Morgan fingerprint density at radius 3 is 3.00 bits per heavy atom. The molecule has 76 valence electrons. The smallest absolute Gasteiger partial charge is 0.170 e. The lowest BCUT2D eigenvalue weighted by Gasteiger charge is -2.20. The number of imidazole rings is 1. The molecule has 0 spiro atoms. The van der Waals surface area contributed by atoms with Gasteiger partial charge in [-0.05, 0) is 12.1 Å². The molecule has 0 aliphatic carbocycles. The van der Waals surface area contributed by atoms with E-state index in [0.29, 0.717) is 13.2 Å². The van der Waals surface area contributed by atoms with Crippen LogP contribution in [0.1, 0.15) is 0 Å². The maximum Gasteiger partial charge on any atom is 0.170 e. The van der Waals surface area contributed by atoms with Crippen molar-refractivity contribution in [2.75, 3.05) is 13.2 Å². The molecule has 1 aliphatic heterocycles. The van der Waals surface area contributed by atoms with Crippen LogP contribution in [0.5, 0.6) is 11.5 Å². The van der Waals surface area contributed by atoms with E-state index in [0.717, 1.165) is 22.8 Å². The zero-order chi connectivity index (χ0) is 10.1. The van der Waals surface area contributed by atoms with Crippen LogP contribution in [0.15, 0.2) is 30.7 Å². The molecule has 3 rings (SSSR count). The molecule has 0 radical (unpaired) electrons. The molecule has 0 amide bonds. The van der Waals surface area contributed by atoms with Gasteiger partial charge in [0.1, 0.15) is 13.2 Å². The lowest BCUT2D eigenvalue weighted by molar-refractivity contribution is 0.172. The number of nitrogens with one attached hydrogen (secondary N) is 1. The van der Waals surface area contributed by atoms with Gasteiger partial charge in [0.05, 0.1) is 18.2 Å². The zero-order valence-electron chi connectivity index (χ0n) is 8.06. The first-order chi connectivity index (χ1) is 7.45. The number of rotatable bonds is 1. The van der Waals surface area contributed by atoms with Gasteiger partial charge in [-0.1, -0.05) is 6.07 Å². The number of benzene rings is 1. The number of aromatic nitrogens is 2. The van der Waals surface area contributed by atoms with Crippen LogP contribution in [0.2, 0.25) is 0 Å². The molecular formula is C11H10N2O2. The van der Waals surface area contributed by atoms with Crippen LogP contribution in [-0.4, -0.2) is 23.2 Å². The lowest BCUT2D eigenvalue weighted by Crippen LogP contribution is -2.15. The number of fused-ring (bicyclic) bond motifs is 1. The first kappa shape index (κ1) is 8.35. The molecule has 1 aromatic heterocycles. The molecule has 15 heavy (non-hydrogen) atoms. The number of aromatic amines is 1. The van der Waals surface area contributed by atoms with Crippen molar-refractivity contribution in [3.05, 3.63) is 30.7 Å². The van der Waals surface area contributed by atoms with Crippen molar-refractivity contribution in [2.45, 2.75) is 0 Å². The Kier molecular flexibility index (Phi) is 1.84. The Bertz CT molecular complexity index is 465. The molecule has 1 aliphatic rings. The number of ether oxygens (including phenoxy) is 2. The number of para-hydroxylation sites is 1. The molecule has 1 aromatic carbocycles. The highest BCUT2D eigenvalue weighted by Crippen LogP contribution is 2.38. The molecule has 0 saturated heterocycles. The van der Waals surface area contributed by atoms with Gasteiger partial charge >= 0.3 is 0 Å². The Morgan fingerprint density at radius 1 is 1.20 bits per heavy atom. The normalized spacial score (nSPS) is 13.9. The maximum absolute atomic E-state index is 5.61. The first-order valence-corrected chi connectivity index (χ1v) is 4.82. The summed E-state index contributed by atoms with van der Waals surface area (Å²) in [5, 5.41) is 0. The topological polar surface area (TPSA) is 47.1 Å². The summed E-state index contributed by atoms with van der Waals surface area (Å²) in [6.45, 7) is 1.21. The third-order valence-corrected chi connectivity index (χ3v) is 2.35. The van der Waals surface area contributed by atoms with E-state index < -0.39 is 0 Å². The monoisotopic (exact) mass is 202 g/mol. The van der Waals surface area contributed by atoms with E-state index in [4.69, 9.17) is 9.47 Å². The van der Waals surface area contributed by atoms with Gasteiger partial charge in [0, 0.05) is 5.56 Å². The minimum atomic E-state index is 0.595. The second-order valence-electron chi connectivity index (χ2n) is 3.30. The summed E-state index contributed by atoms with van der Waals surface area (Å²) in [6, 6.07) is 5.85. The van der Waals surface area contributed by atoms with Crippen molar-refractivity contribution >= 4 is 0 Å². The molecule has 0 saturated carbocycles. The largest absolute Gasteiger partial charge is 0.486 e. The van der Waals surface area contributed by atoms with Crippen molar-refractivity contribution in [2.24, 2.45) is 0 Å². The minimum Gasteiger partial charge on any atom is -0.486 e.